The van der Waals surface area contributed by atoms with Gasteiger partial charge >= 0.3 is 23.9 Å². The summed E-state index contributed by atoms with van der Waals surface area (Å²) >= 11 is 0. The summed E-state index contributed by atoms with van der Waals surface area (Å²) in [5.41, 5.74) is 0. The second-order valence-corrected chi connectivity index (χ2v) is 12.8. The third kappa shape index (κ3) is 14.3. The Labute approximate surface area is 291 Å². The van der Waals surface area contributed by atoms with E-state index in [1.807, 2.05) is 13.8 Å². The second-order valence-electron chi connectivity index (χ2n) is 12.8. The molecule has 0 aliphatic carbocycles. The summed E-state index contributed by atoms with van der Waals surface area (Å²) in [5, 5.41) is 5.61. The zero-order chi connectivity index (χ0) is 37.9. The van der Waals surface area contributed by atoms with Crippen molar-refractivity contribution < 1.29 is 63.3 Å². The highest BCUT2D eigenvalue weighted by atomic mass is 16.7. The Morgan fingerprint density at radius 1 is 0.816 bits per heavy atom. The highest BCUT2D eigenvalue weighted by Gasteiger charge is 2.47. The van der Waals surface area contributed by atoms with Crippen LogP contribution in [0.2, 0.25) is 0 Å². The van der Waals surface area contributed by atoms with Crippen LogP contribution in [0.4, 0.5) is 0 Å². The van der Waals surface area contributed by atoms with E-state index in [2.05, 4.69) is 10.6 Å². The fourth-order valence-corrected chi connectivity index (χ4v) is 6.02. The molecule has 16 heteroatoms. The zero-order valence-electron chi connectivity index (χ0n) is 30.9. The van der Waals surface area contributed by atoms with Gasteiger partial charge in [0.2, 0.25) is 11.8 Å². The van der Waals surface area contributed by atoms with E-state index in [0.717, 1.165) is 0 Å². The molecule has 2 amide bonds. The minimum atomic E-state index is -1.17. The first-order valence-corrected chi connectivity index (χ1v) is 16.7. The predicted octanol–water partition coefficient (Wildman–Crippen LogP) is 1.60. The third-order valence-corrected chi connectivity index (χ3v) is 8.08. The van der Waals surface area contributed by atoms with E-state index in [4.69, 9.17) is 42.4 Å². The van der Waals surface area contributed by atoms with Gasteiger partial charge in [0.15, 0.2) is 6.29 Å². The predicted molar refractivity (Wildman–Crippen MR) is 174 cm³/mol. The molecule has 0 aromatic heterocycles. The average Bonchev–Trinajstić information content (AvgIpc) is 2.97. The normalized spacial score (nSPS) is 31.9. The number of carbonyl (C=O) groups is 6. The van der Waals surface area contributed by atoms with Crippen molar-refractivity contribution in [3.63, 3.8) is 0 Å². The van der Waals surface area contributed by atoms with Gasteiger partial charge < -0.3 is 43.8 Å². The van der Waals surface area contributed by atoms with Gasteiger partial charge in [-0.05, 0) is 39.5 Å². The van der Waals surface area contributed by atoms with E-state index < -0.39 is 115 Å². The zero-order valence-corrected chi connectivity index (χ0v) is 29.9. The molecule has 276 valence electrons. The Morgan fingerprint density at radius 3 is 1.80 bits per heavy atom. The monoisotopic (exact) mass is 697 g/mol. The second kappa shape index (κ2) is 19.8. The summed E-state index contributed by atoms with van der Waals surface area (Å²) < 4.78 is 48.4. The summed E-state index contributed by atoms with van der Waals surface area (Å²) in [5.74, 6) is -4.13. The highest BCUT2D eigenvalue weighted by Crippen LogP contribution is 2.32. The lowest BCUT2D eigenvalue weighted by Crippen LogP contribution is -2.63. The molecule has 2 rings (SSSR count). The standard InChI is InChI=1S/C33H53BN2O13/c1-10-25-20(6)31(49-28(42)14-19(5)46-23(9)39)30(36-27(41)13-18(4)45-22(8)38)33(48-25)43-15-24-11-16(2)29(32(34)47-24)35-26(40)12-17(3)44-21(7)37/h16-20,24-25,29-33H,10-15H2,1-9H3,(H,35,40)(H,36,41)/t16-,17+,18+,19+,20+,24?,25?,29?,30?,31-,32-,33+/m0/s1/i11D/t11-,16-,17+,18+,19+,20+,24?,25?,29?,30?,31-,32-,33+. The van der Waals surface area contributed by atoms with E-state index in [9.17, 15) is 28.8 Å². The first-order valence-electron chi connectivity index (χ1n) is 17.3. The van der Waals surface area contributed by atoms with Crippen LogP contribution in [-0.2, 0) is 61.9 Å². The number of rotatable bonds is 16. The van der Waals surface area contributed by atoms with Crippen LogP contribution < -0.4 is 10.6 Å². The summed E-state index contributed by atoms with van der Waals surface area (Å²) in [6.07, 6.45) is -6.54. The van der Waals surface area contributed by atoms with Gasteiger partial charge in [-0.3, -0.25) is 28.8 Å². The number of amides is 2. The van der Waals surface area contributed by atoms with Crippen molar-refractivity contribution >= 4 is 43.5 Å². The molecule has 0 saturated carbocycles. The lowest BCUT2D eigenvalue weighted by atomic mass is 9.79. The van der Waals surface area contributed by atoms with Crippen LogP contribution in [0.1, 0.15) is 95.8 Å². The summed E-state index contributed by atoms with van der Waals surface area (Å²) in [6.45, 7) is 13.7. The number of hydrogen-bond acceptors (Lipinski definition) is 13. The highest BCUT2D eigenvalue weighted by molar-refractivity contribution is 6.11. The summed E-state index contributed by atoms with van der Waals surface area (Å²) in [7, 11) is 6.30. The summed E-state index contributed by atoms with van der Waals surface area (Å²) in [4.78, 5) is 72.9. The van der Waals surface area contributed by atoms with E-state index in [-0.39, 0.29) is 25.9 Å². The van der Waals surface area contributed by atoms with Crippen LogP contribution in [-0.4, -0.2) is 111 Å². The summed E-state index contributed by atoms with van der Waals surface area (Å²) in [6, 6.07) is -2.76. The first kappa shape index (κ1) is 40.2. The van der Waals surface area contributed by atoms with Crippen LogP contribution >= 0.6 is 0 Å². The Bertz CT molecular complexity index is 1190. The Hall–Kier alpha value is -3.24. The number of esters is 4. The maximum absolute atomic E-state index is 13.2. The molecule has 2 radical (unpaired) electrons. The van der Waals surface area contributed by atoms with Crippen LogP contribution in [0.25, 0.3) is 0 Å². The quantitative estimate of drug-likeness (QED) is 0.134. The van der Waals surface area contributed by atoms with E-state index >= 15 is 0 Å². The topological polar surface area (TPSA) is 191 Å². The molecule has 2 aliphatic heterocycles. The Morgan fingerprint density at radius 2 is 1.31 bits per heavy atom. The van der Waals surface area contributed by atoms with Gasteiger partial charge in [0, 0.05) is 40.1 Å². The Kier molecular flexibility index (Phi) is 16.3. The van der Waals surface area contributed by atoms with Crippen molar-refractivity contribution in [2.45, 2.75) is 155 Å². The maximum Gasteiger partial charge on any atom is 0.309 e. The molecule has 2 fully saturated rings. The first-order chi connectivity index (χ1) is 23.3. The van der Waals surface area contributed by atoms with Crippen molar-refractivity contribution in [1.82, 2.24) is 10.6 Å². The van der Waals surface area contributed by atoms with Crippen molar-refractivity contribution in [3.8, 4) is 0 Å². The molecule has 0 spiro atoms. The van der Waals surface area contributed by atoms with Gasteiger partial charge in [0.25, 0.3) is 0 Å². The van der Waals surface area contributed by atoms with Crippen molar-refractivity contribution in [2.24, 2.45) is 11.8 Å². The molecule has 2 heterocycles. The number of hydrogen-bond donors (Lipinski definition) is 2. The molecule has 0 bridgehead atoms. The third-order valence-electron chi connectivity index (χ3n) is 8.08. The molecule has 2 N–H and O–H groups in total. The SMILES string of the molecule is [2H][C@@H]1C(CO[C@@H]2OC(CC)[C@@H](C)[C@H](OC(=O)C[C@@H](C)OC(C)=O)C2NC(=O)C[C@@H](C)OC(C)=O)O[C@H]([B])C(NC(=O)C[C@@H](C)OC(C)=O)[C@H]1C. The van der Waals surface area contributed by atoms with E-state index in [0.29, 0.717) is 6.42 Å². The maximum atomic E-state index is 13.2. The number of nitrogens with one attached hydrogen (secondary N) is 2. The van der Waals surface area contributed by atoms with E-state index in [1.54, 1.807) is 27.7 Å². The van der Waals surface area contributed by atoms with Gasteiger partial charge in [0.05, 0.1) is 38.1 Å². The molecule has 4 unspecified atom stereocenters. The van der Waals surface area contributed by atoms with Crippen LogP contribution in [0, 0.1) is 11.8 Å². The lowest BCUT2D eigenvalue weighted by molar-refractivity contribution is -0.263. The van der Waals surface area contributed by atoms with Gasteiger partial charge in [-0.1, -0.05) is 20.8 Å². The fourth-order valence-electron chi connectivity index (χ4n) is 6.02. The smallest absolute Gasteiger partial charge is 0.309 e. The van der Waals surface area contributed by atoms with Crippen molar-refractivity contribution in [3.05, 3.63) is 0 Å². The molecular formula is C33H53BN2O13. The lowest BCUT2D eigenvalue weighted by Gasteiger charge is -2.46. The molecule has 0 aromatic rings. The molecule has 13 atom stereocenters. The minimum absolute atomic E-state index is 0.0953. The minimum Gasteiger partial charge on any atom is -0.462 e. The molecule has 49 heavy (non-hydrogen) atoms. The van der Waals surface area contributed by atoms with Crippen LogP contribution in [0.15, 0.2) is 0 Å². The van der Waals surface area contributed by atoms with Gasteiger partial charge in [-0.2, -0.15) is 0 Å². The fraction of sp³-hybridized carbons (Fsp3) is 0.818. The van der Waals surface area contributed by atoms with Crippen LogP contribution in [0.3, 0.4) is 0 Å². The van der Waals surface area contributed by atoms with Gasteiger partial charge in [0.1, 0.15) is 38.3 Å². The van der Waals surface area contributed by atoms with Crippen LogP contribution in [0.5, 0.6) is 0 Å². The molecule has 2 aliphatic rings. The van der Waals surface area contributed by atoms with Crippen molar-refractivity contribution in [1.29, 1.82) is 0 Å². The van der Waals surface area contributed by atoms with Gasteiger partial charge in [-0.25, -0.2) is 0 Å². The number of carbonyl (C=O) groups excluding carboxylic acids is 6. The van der Waals surface area contributed by atoms with Gasteiger partial charge in [-0.15, -0.1) is 0 Å². The largest absolute Gasteiger partial charge is 0.462 e. The molecule has 15 nitrogen and oxygen atoms in total. The Balaban J connectivity index is 2.24. The molecule has 2 saturated heterocycles. The average molecular weight is 698 g/mol. The van der Waals surface area contributed by atoms with E-state index in [1.165, 1.54) is 20.8 Å². The van der Waals surface area contributed by atoms with Crippen molar-refractivity contribution in [2.75, 3.05) is 6.61 Å². The number of ether oxygens (including phenoxy) is 7. The molecule has 0 aromatic carbocycles. The molecular weight excluding hydrogens is 643 g/mol.